The summed E-state index contributed by atoms with van der Waals surface area (Å²) in [6.07, 6.45) is 0. The van der Waals surface area contributed by atoms with Crippen LogP contribution in [0.25, 0.3) is 4.98 Å². The molecule has 0 heterocycles. The fraction of sp³-hybridized carbons (Fsp3) is 0.882. The Bertz CT molecular complexity index is 259. The molecule has 0 aromatic rings. The van der Waals surface area contributed by atoms with E-state index >= 15 is 0 Å². The summed E-state index contributed by atoms with van der Waals surface area (Å²) in [7, 11) is -1.49. The Balaban J connectivity index is -0.000000963. The zero-order chi connectivity index (χ0) is 13.6. The first-order valence-electron chi connectivity index (χ1n) is 7.21. The Hall–Kier alpha value is 0.891. The second-order valence-electron chi connectivity index (χ2n) is 7.90. The predicted octanol–water partition coefficient (Wildman–Crippen LogP) is 6.19. The predicted molar refractivity (Wildman–Crippen MR) is 93.8 cm³/mol. The molecule has 0 bridgehead atoms. The van der Waals surface area contributed by atoms with Gasteiger partial charge in [-0.25, -0.2) is 0 Å². The van der Waals surface area contributed by atoms with Gasteiger partial charge in [0.25, 0.3) is 0 Å². The third-order valence-electron chi connectivity index (χ3n) is 5.06. The van der Waals surface area contributed by atoms with Crippen LogP contribution in [0.4, 0.5) is 0 Å². The minimum absolute atomic E-state index is 0. The van der Waals surface area contributed by atoms with Crippen molar-refractivity contribution in [1.82, 2.24) is 0 Å². The second-order valence-corrected chi connectivity index (χ2v) is 12.1. The summed E-state index contributed by atoms with van der Waals surface area (Å²) in [5.41, 5.74) is 0.983. The van der Waals surface area contributed by atoms with E-state index in [9.17, 15) is 0 Å². The molecule has 1 fully saturated rings. The first-order chi connectivity index (χ1) is 7.47. The maximum absolute atomic E-state index is 5.23. The van der Waals surface area contributed by atoms with Gasteiger partial charge in [-0.1, -0.05) is 75.3 Å². The Morgan fingerprint density at radius 3 is 1.30 bits per heavy atom. The van der Waals surface area contributed by atoms with Gasteiger partial charge in [0.2, 0.25) is 0 Å². The van der Waals surface area contributed by atoms with E-state index in [0.29, 0.717) is 0 Å². The van der Waals surface area contributed by atoms with Crippen molar-refractivity contribution in [3.63, 3.8) is 0 Å². The van der Waals surface area contributed by atoms with Gasteiger partial charge < -0.3 is 19.8 Å². The quantitative estimate of drug-likeness (QED) is 0.423. The van der Waals surface area contributed by atoms with E-state index < -0.39 is 8.24 Å². The number of nitrogens with zero attached hydrogens (tertiary/aromatic N) is 1. The standard InChI is InChI=1S/C15H32NSi.2CH3.Ti/c1-10-11(2)13(4)14(12(10)3)17(8,9)16-15(5,6)7;;;/h10-14H,1-9H3;2*1H3;/q3*-1;+3/t10-,11?,12-,13-,14?;;;/m1.../s1. The molecule has 119 valence electrons. The second kappa shape index (κ2) is 8.50. The van der Waals surface area contributed by atoms with Crippen molar-refractivity contribution >= 4 is 8.24 Å². The van der Waals surface area contributed by atoms with Crippen LogP contribution in [-0.2, 0) is 21.7 Å². The number of rotatable bonds is 2. The molecular weight excluding hydrogens is 294 g/mol. The summed E-state index contributed by atoms with van der Waals surface area (Å²) < 4.78 is 0. The summed E-state index contributed by atoms with van der Waals surface area (Å²) in [4.78, 5) is 5.23. The van der Waals surface area contributed by atoms with Crippen molar-refractivity contribution in [3.8, 4) is 0 Å². The van der Waals surface area contributed by atoms with Gasteiger partial charge in [0.1, 0.15) is 0 Å². The van der Waals surface area contributed by atoms with Gasteiger partial charge in [-0.2, -0.15) is 0 Å². The minimum Gasteiger partial charge on any atom is -0.660 e. The molecule has 1 aliphatic rings. The van der Waals surface area contributed by atoms with Crippen molar-refractivity contribution in [3.05, 3.63) is 19.8 Å². The largest absolute Gasteiger partial charge is 3.00 e. The first-order valence-corrected chi connectivity index (χ1v) is 10.2. The number of hydrogen-bond acceptors (Lipinski definition) is 0. The van der Waals surface area contributed by atoms with Gasteiger partial charge in [-0.15, -0.1) is 5.54 Å². The van der Waals surface area contributed by atoms with E-state index in [1.807, 2.05) is 0 Å². The van der Waals surface area contributed by atoms with E-state index in [-0.39, 0.29) is 42.1 Å². The molecule has 1 aliphatic carbocycles. The normalized spacial score (nSPS) is 33.8. The topological polar surface area (TPSA) is 14.1 Å². The summed E-state index contributed by atoms with van der Waals surface area (Å²) in [5, 5.41) is 0. The fourth-order valence-electron chi connectivity index (χ4n) is 4.32. The molecule has 5 atom stereocenters. The van der Waals surface area contributed by atoms with Crippen LogP contribution < -0.4 is 0 Å². The van der Waals surface area contributed by atoms with Crippen LogP contribution >= 0.6 is 0 Å². The van der Waals surface area contributed by atoms with Crippen LogP contribution in [0.5, 0.6) is 0 Å². The van der Waals surface area contributed by atoms with E-state index in [2.05, 4.69) is 61.6 Å². The Morgan fingerprint density at radius 2 is 1.05 bits per heavy atom. The zero-order valence-corrected chi connectivity index (χ0v) is 18.4. The summed E-state index contributed by atoms with van der Waals surface area (Å²) in [5.74, 6) is 3.40. The fourth-order valence-corrected chi connectivity index (χ4v) is 9.37. The maximum Gasteiger partial charge on any atom is 3.00 e. The van der Waals surface area contributed by atoms with E-state index in [1.165, 1.54) is 0 Å². The van der Waals surface area contributed by atoms with Gasteiger partial charge in [0, 0.05) is 0 Å². The molecule has 0 aromatic carbocycles. The molecule has 0 aromatic heterocycles. The van der Waals surface area contributed by atoms with Crippen LogP contribution in [0, 0.1) is 38.5 Å². The molecule has 1 nitrogen and oxygen atoms in total. The smallest absolute Gasteiger partial charge is 0.660 e. The van der Waals surface area contributed by atoms with E-state index in [0.717, 1.165) is 29.2 Å². The third-order valence-corrected chi connectivity index (χ3v) is 8.99. The Morgan fingerprint density at radius 1 is 0.750 bits per heavy atom. The molecule has 20 heavy (non-hydrogen) atoms. The average Bonchev–Trinajstić information content (AvgIpc) is 2.27. The molecular formula is C17H38NSiTi. The van der Waals surface area contributed by atoms with Gasteiger partial charge in [0.05, 0.1) is 0 Å². The molecule has 0 amide bonds. The van der Waals surface area contributed by atoms with Crippen molar-refractivity contribution < 1.29 is 21.7 Å². The first kappa shape index (κ1) is 25.8. The van der Waals surface area contributed by atoms with Crippen molar-refractivity contribution in [2.24, 2.45) is 23.7 Å². The summed E-state index contributed by atoms with van der Waals surface area (Å²) in [6, 6.07) is 0. The Labute approximate surface area is 146 Å². The van der Waals surface area contributed by atoms with E-state index in [1.54, 1.807) is 0 Å². The van der Waals surface area contributed by atoms with Gasteiger partial charge in [0.15, 0.2) is 0 Å². The zero-order valence-electron chi connectivity index (χ0n) is 15.8. The monoisotopic (exact) mass is 332 g/mol. The van der Waals surface area contributed by atoms with Gasteiger partial charge in [-0.3, -0.25) is 0 Å². The molecule has 0 saturated heterocycles. The summed E-state index contributed by atoms with van der Waals surface area (Å²) in [6.45, 7) is 21.5. The van der Waals surface area contributed by atoms with Crippen LogP contribution in [0.1, 0.15) is 48.5 Å². The molecule has 3 heteroatoms. The van der Waals surface area contributed by atoms with Crippen LogP contribution in [0.15, 0.2) is 0 Å². The maximum atomic E-state index is 5.23. The average molecular weight is 332 g/mol. The molecule has 1 saturated carbocycles. The van der Waals surface area contributed by atoms with E-state index in [4.69, 9.17) is 4.98 Å². The minimum atomic E-state index is -1.49. The van der Waals surface area contributed by atoms with Crippen molar-refractivity contribution in [2.45, 2.75) is 72.6 Å². The van der Waals surface area contributed by atoms with Crippen molar-refractivity contribution in [2.75, 3.05) is 0 Å². The van der Waals surface area contributed by atoms with Crippen LogP contribution in [0.3, 0.4) is 0 Å². The molecule has 1 rings (SSSR count). The van der Waals surface area contributed by atoms with Crippen molar-refractivity contribution in [1.29, 1.82) is 0 Å². The SMILES string of the molecule is CC1[C@@H](C)C([Si](C)(C)[N-]C(C)(C)C)[C@H](C)[C@@H]1C.[CH3-].[CH3-].[Ti+3]. The third kappa shape index (κ3) is 5.59. The molecule has 0 spiro atoms. The summed E-state index contributed by atoms with van der Waals surface area (Å²) >= 11 is 0. The van der Waals surface area contributed by atoms with Crippen LogP contribution in [-0.4, -0.2) is 13.8 Å². The molecule has 1 radical (unpaired) electrons. The molecule has 0 N–H and O–H groups in total. The Kier molecular flexibility index (Phi) is 11.0. The molecule has 2 unspecified atom stereocenters. The van der Waals surface area contributed by atoms with Gasteiger partial charge >= 0.3 is 21.7 Å². The van der Waals surface area contributed by atoms with Crippen LogP contribution in [0.2, 0.25) is 18.6 Å². The van der Waals surface area contributed by atoms with Gasteiger partial charge in [-0.05, 0) is 23.7 Å². The molecule has 0 aliphatic heterocycles. The number of hydrogen-bond donors (Lipinski definition) is 0.